The molecule has 0 aromatic carbocycles. The van der Waals surface area contributed by atoms with Crippen LogP contribution in [0.25, 0.3) is 5.69 Å². The Morgan fingerprint density at radius 1 is 1.23 bits per heavy atom. The molecule has 0 atom stereocenters. The second-order valence-corrected chi connectivity index (χ2v) is 9.60. The summed E-state index contributed by atoms with van der Waals surface area (Å²) in [5.41, 5.74) is 4.34. The summed E-state index contributed by atoms with van der Waals surface area (Å²) in [7, 11) is 0. The molecule has 35 heavy (non-hydrogen) atoms. The predicted molar refractivity (Wildman–Crippen MR) is 123 cm³/mol. The normalized spacial score (nSPS) is 19.6. The number of rotatable bonds is 6. The van der Waals surface area contributed by atoms with Crippen molar-refractivity contribution in [3.05, 3.63) is 66.3 Å². The van der Waals surface area contributed by atoms with Crippen LogP contribution in [0.3, 0.4) is 0 Å². The van der Waals surface area contributed by atoms with Gasteiger partial charge in [-0.05, 0) is 51.8 Å². The van der Waals surface area contributed by atoms with Crippen molar-refractivity contribution in [2.45, 2.75) is 50.8 Å². The molecule has 9 nitrogen and oxygen atoms in total. The molecule has 1 saturated carbocycles. The third kappa shape index (κ3) is 5.13. The summed E-state index contributed by atoms with van der Waals surface area (Å²) in [6, 6.07) is 4.27. The second kappa shape index (κ2) is 9.05. The summed E-state index contributed by atoms with van der Waals surface area (Å²) < 4.78 is 35.9. The molecule has 0 bridgehead atoms. The van der Waals surface area contributed by atoms with Crippen molar-refractivity contribution in [2.75, 3.05) is 11.4 Å². The van der Waals surface area contributed by atoms with Gasteiger partial charge in [-0.3, -0.25) is 9.78 Å². The Bertz CT molecular complexity index is 1230. The summed E-state index contributed by atoms with van der Waals surface area (Å²) in [6.45, 7) is 5.02. The molecule has 1 aliphatic rings. The molecule has 11 heteroatoms. The first kappa shape index (κ1) is 24.2. The maximum atomic E-state index is 14.7. The van der Waals surface area contributed by atoms with Crippen LogP contribution in [-0.4, -0.2) is 49.8 Å². The molecule has 2 amide bonds. The third-order valence-corrected chi connectivity index (χ3v) is 5.70. The van der Waals surface area contributed by atoms with Gasteiger partial charge in [-0.15, -0.1) is 0 Å². The van der Waals surface area contributed by atoms with Gasteiger partial charge in [0.15, 0.2) is 0 Å². The minimum absolute atomic E-state index is 0.00240. The largest absolute Gasteiger partial charge is 0.443 e. The molecule has 3 heterocycles. The van der Waals surface area contributed by atoms with Gasteiger partial charge in [0.25, 0.3) is 0 Å². The second-order valence-electron chi connectivity index (χ2n) is 9.60. The van der Waals surface area contributed by atoms with Gasteiger partial charge in [-0.2, -0.15) is 0 Å². The lowest BCUT2D eigenvalue weighted by atomic mass is 9.64. The number of halogens is 2. The Labute approximate surface area is 200 Å². The molecule has 3 aromatic rings. The van der Waals surface area contributed by atoms with Gasteiger partial charge in [0, 0.05) is 30.6 Å². The van der Waals surface area contributed by atoms with E-state index in [-0.39, 0.29) is 31.0 Å². The van der Waals surface area contributed by atoms with Crippen LogP contribution in [0.5, 0.6) is 0 Å². The van der Waals surface area contributed by atoms with Gasteiger partial charge in [0.2, 0.25) is 11.9 Å². The van der Waals surface area contributed by atoms with E-state index in [4.69, 9.17) is 10.5 Å². The molecule has 0 aliphatic heterocycles. The summed E-state index contributed by atoms with van der Waals surface area (Å²) in [4.78, 5) is 38.5. The topological polar surface area (TPSA) is 116 Å². The highest BCUT2D eigenvalue weighted by atomic mass is 19.1. The van der Waals surface area contributed by atoms with Crippen LogP contribution in [0.1, 0.15) is 49.7 Å². The Balaban J connectivity index is 1.68. The van der Waals surface area contributed by atoms with E-state index in [1.165, 1.54) is 41.8 Å². The molecule has 3 aromatic heterocycles. The minimum Gasteiger partial charge on any atom is -0.443 e. The highest BCUT2D eigenvalue weighted by Gasteiger charge is 2.51. The van der Waals surface area contributed by atoms with E-state index in [9.17, 15) is 18.4 Å². The minimum atomic E-state index is -1.15. The van der Waals surface area contributed by atoms with Crippen molar-refractivity contribution in [2.24, 2.45) is 5.73 Å². The zero-order valence-electron chi connectivity index (χ0n) is 19.6. The van der Waals surface area contributed by atoms with E-state index in [1.807, 2.05) is 0 Å². The molecule has 0 radical (unpaired) electrons. The van der Waals surface area contributed by atoms with Crippen molar-refractivity contribution in [3.63, 3.8) is 0 Å². The van der Waals surface area contributed by atoms with Crippen LogP contribution in [0.15, 0.2) is 49.2 Å². The molecule has 0 unspecified atom stereocenters. The molecule has 0 spiro atoms. The molecule has 184 valence electrons. The number of carbonyl (C=O) groups is 2. The van der Waals surface area contributed by atoms with Crippen molar-refractivity contribution < 1.29 is 23.1 Å². The SMILES string of the molecule is CC(C)(C)OC(=O)N(CC1(c2ncccc2F)CC(F)C1)c1ncc(-n2ccc(C(N)=O)c2)cn1. The number of aromatic nitrogens is 4. The number of primary amides is 1. The van der Waals surface area contributed by atoms with Crippen LogP contribution in [0, 0.1) is 5.82 Å². The lowest BCUT2D eigenvalue weighted by molar-refractivity contribution is 0.0505. The first-order chi connectivity index (χ1) is 16.5. The predicted octanol–water partition coefficient (Wildman–Crippen LogP) is 3.71. The zero-order chi connectivity index (χ0) is 25.4. The van der Waals surface area contributed by atoms with Crippen LogP contribution < -0.4 is 10.6 Å². The van der Waals surface area contributed by atoms with Gasteiger partial charge in [-0.1, -0.05) is 0 Å². The first-order valence-electron chi connectivity index (χ1n) is 11.0. The highest BCUT2D eigenvalue weighted by molar-refractivity contribution is 5.92. The van der Waals surface area contributed by atoms with E-state index in [2.05, 4.69) is 15.0 Å². The number of amides is 2. The van der Waals surface area contributed by atoms with Gasteiger partial charge in [0.05, 0.1) is 29.3 Å². The Kier molecular flexibility index (Phi) is 6.27. The van der Waals surface area contributed by atoms with Crippen molar-refractivity contribution in [1.82, 2.24) is 19.5 Å². The van der Waals surface area contributed by atoms with E-state index in [1.54, 1.807) is 37.6 Å². The fourth-order valence-electron chi connectivity index (χ4n) is 4.09. The highest BCUT2D eigenvalue weighted by Crippen LogP contribution is 2.46. The van der Waals surface area contributed by atoms with Gasteiger partial charge in [-0.25, -0.2) is 28.4 Å². The average molecular weight is 485 g/mol. The average Bonchev–Trinajstić information content (AvgIpc) is 3.26. The molecule has 4 rings (SSSR count). The summed E-state index contributed by atoms with van der Waals surface area (Å²) in [6.07, 6.45) is 5.60. The van der Waals surface area contributed by atoms with E-state index in [0.29, 0.717) is 11.3 Å². The lowest BCUT2D eigenvalue weighted by Crippen LogP contribution is -2.54. The van der Waals surface area contributed by atoms with Gasteiger partial charge in [0.1, 0.15) is 17.6 Å². The molecule has 1 aliphatic carbocycles. The Morgan fingerprint density at radius 2 is 1.91 bits per heavy atom. The smallest absolute Gasteiger partial charge is 0.417 e. The van der Waals surface area contributed by atoms with Crippen molar-refractivity contribution in [3.8, 4) is 5.69 Å². The van der Waals surface area contributed by atoms with Crippen molar-refractivity contribution in [1.29, 1.82) is 0 Å². The maximum absolute atomic E-state index is 14.7. The summed E-state index contributed by atoms with van der Waals surface area (Å²) in [5, 5.41) is 0. The molecular formula is C24H26F2N6O3. The number of nitrogens with zero attached hydrogens (tertiary/aromatic N) is 5. The number of hydrogen-bond donors (Lipinski definition) is 1. The van der Waals surface area contributed by atoms with E-state index in [0.717, 1.165) is 0 Å². The molecule has 1 fully saturated rings. The number of ether oxygens (including phenoxy) is 1. The number of anilines is 1. The van der Waals surface area contributed by atoms with Gasteiger partial charge >= 0.3 is 6.09 Å². The summed E-state index contributed by atoms with van der Waals surface area (Å²) >= 11 is 0. The van der Waals surface area contributed by atoms with Crippen LogP contribution in [-0.2, 0) is 10.2 Å². The van der Waals surface area contributed by atoms with E-state index >= 15 is 0 Å². The fraction of sp³-hybridized carbons (Fsp3) is 0.375. The van der Waals surface area contributed by atoms with Crippen LogP contribution in [0.4, 0.5) is 19.5 Å². The molecule has 0 saturated heterocycles. The van der Waals surface area contributed by atoms with Crippen LogP contribution in [0.2, 0.25) is 0 Å². The lowest BCUT2D eigenvalue weighted by Gasteiger charge is -2.45. The number of hydrogen-bond acceptors (Lipinski definition) is 6. The first-order valence-corrected chi connectivity index (χ1v) is 11.0. The number of alkyl halides is 1. The maximum Gasteiger partial charge on any atom is 0.417 e. The third-order valence-electron chi connectivity index (χ3n) is 5.70. The number of nitrogens with two attached hydrogens (primary N) is 1. The van der Waals surface area contributed by atoms with Gasteiger partial charge < -0.3 is 15.0 Å². The molecule has 2 N–H and O–H groups in total. The monoisotopic (exact) mass is 484 g/mol. The van der Waals surface area contributed by atoms with Crippen LogP contribution >= 0.6 is 0 Å². The van der Waals surface area contributed by atoms with E-state index < -0.39 is 35.0 Å². The number of carbonyl (C=O) groups excluding carboxylic acids is 2. The molecular weight excluding hydrogens is 458 g/mol. The Morgan fingerprint density at radius 3 is 2.46 bits per heavy atom. The zero-order valence-corrected chi connectivity index (χ0v) is 19.6. The summed E-state index contributed by atoms with van der Waals surface area (Å²) in [5.74, 6) is -1.14. The Hall–Kier alpha value is -3.89. The van der Waals surface area contributed by atoms with Crippen molar-refractivity contribution >= 4 is 17.9 Å². The standard InChI is InChI=1S/C24H26F2N6O3/c1-23(2,3)35-22(34)32(14-24(9-16(25)10-24)19-18(26)5-4-7-28-19)21-29-11-17(12-30-21)31-8-6-15(13-31)20(27)33/h4-8,11-13,16H,9-10,14H2,1-3H3,(H2,27,33). The fourth-order valence-corrected chi connectivity index (χ4v) is 4.09. The quantitative estimate of drug-likeness (QED) is 0.570. The number of pyridine rings is 1.